The minimum Gasteiger partial charge on any atom is -0.461 e. The summed E-state index contributed by atoms with van der Waals surface area (Å²) in [4.78, 5) is 23.8. The van der Waals surface area contributed by atoms with Gasteiger partial charge in [-0.3, -0.25) is 4.79 Å². The molecule has 4 fully saturated rings. The first kappa shape index (κ1) is 16.5. The van der Waals surface area contributed by atoms with Gasteiger partial charge < -0.3 is 19.7 Å². The van der Waals surface area contributed by atoms with Crippen LogP contribution in [0.1, 0.15) is 38.5 Å². The lowest BCUT2D eigenvalue weighted by Crippen LogP contribution is -2.58. The van der Waals surface area contributed by atoms with Crippen molar-refractivity contribution in [2.24, 2.45) is 17.3 Å². The Kier molecular flexibility index (Phi) is 4.23. The van der Waals surface area contributed by atoms with Crippen molar-refractivity contribution in [3.05, 3.63) is 12.7 Å². The van der Waals surface area contributed by atoms with Crippen LogP contribution in [0.3, 0.4) is 0 Å². The summed E-state index contributed by atoms with van der Waals surface area (Å²) in [5.41, 5.74) is -1.34. The smallest absolute Gasteiger partial charge is 0.330 e. The van der Waals surface area contributed by atoms with Crippen LogP contribution in [0, 0.1) is 17.3 Å². The number of hydrogen-bond donors (Lipinski definition) is 2. The van der Waals surface area contributed by atoms with Gasteiger partial charge in [0.25, 0.3) is 0 Å². The third kappa shape index (κ3) is 3.15. The van der Waals surface area contributed by atoms with E-state index in [9.17, 15) is 19.8 Å². The molecule has 3 atom stereocenters. The highest BCUT2D eigenvalue weighted by molar-refractivity contribution is 5.81. The number of carbonyl (C=O) groups is 2. The Morgan fingerprint density at radius 1 is 1.26 bits per heavy atom. The van der Waals surface area contributed by atoms with E-state index in [1.807, 2.05) is 0 Å². The maximum atomic E-state index is 12.6. The van der Waals surface area contributed by atoms with E-state index in [0.717, 1.165) is 38.2 Å². The van der Waals surface area contributed by atoms with Gasteiger partial charge in [0, 0.05) is 6.08 Å². The van der Waals surface area contributed by atoms with E-state index in [0.29, 0.717) is 18.3 Å². The van der Waals surface area contributed by atoms with Gasteiger partial charge in [-0.15, -0.1) is 0 Å². The molecule has 0 spiro atoms. The summed E-state index contributed by atoms with van der Waals surface area (Å²) in [7, 11) is 0. The van der Waals surface area contributed by atoms with Crippen LogP contribution in [0.25, 0.3) is 0 Å². The fraction of sp³-hybridized carbons (Fsp3) is 0.765. The Bertz CT molecular complexity index is 499. The molecule has 0 amide bonds. The predicted molar refractivity (Wildman–Crippen MR) is 80.2 cm³/mol. The fourth-order valence-corrected chi connectivity index (χ4v) is 5.11. The second kappa shape index (κ2) is 5.91. The quantitative estimate of drug-likeness (QED) is 0.558. The Morgan fingerprint density at radius 3 is 2.43 bits per heavy atom. The number of ether oxygens (including phenoxy) is 2. The number of aliphatic hydroxyl groups excluding tert-OH is 1. The van der Waals surface area contributed by atoms with Gasteiger partial charge >= 0.3 is 11.9 Å². The molecule has 0 radical (unpaired) electrons. The largest absolute Gasteiger partial charge is 0.461 e. The number of rotatable bonds is 6. The molecule has 0 aromatic carbocycles. The van der Waals surface area contributed by atoms with E-state index in [2.05, 4.69) is 6.58 Å². The fourth-order valence-electron chi connectivity index (χ4n) is 5.11. The maximum absolute atomic E-state index is 12.6. The minimum atomic E-state index is -0.888. The van der Waals surface area contributed by atoms with Crippen molar-refractivity contribution in [2.45, 2.75) is 50.2 Å². The first-order chi connectivity index (χ1) is 10.9. The zero-order valence-electron chi connectivity index (χ0n) is 13.2. The van der Waals surface area contributed by atoms with Crippen LogP contribution in [0.4, 0.5) is 0 Å². The summed E-state index contributed by atoms with van der Waals surface area (Å²) >= 11 is 0. The highest BCUT2D eigenvalue weighted by Crippen LogP contribution is 2.61. The van der Waals surface area contributed by atoms with E-state index in [1.165, 1.54) is 0 Å². The molecule has 23 heavy (non-hydrogen) atoms. The Labute approximate surface area is 135 Å². The van der Waals surface area contributed by atoms with Crippen LogP contribution in [-0.4, -0.2) is 47.1 Å². The van der Waals surface area contributed by atoms with E-state index in [1.54, 1.807) is 0 Å². The molecule has 0 aromatic heterocycles. The lowest BCUT2D eigenvalue weighted by Gasteiger charge is -2.58. The standard InChI is InChI=1S/C17H24O6/c1-2-14(19)23-13(8-18)9-22-15(20)16-4-11-3-12(5-16)7-17(21,6-11)10-16/h2,11-13,18,21H,1,3-10H2. The summed E-state index contributed by atoms with van der Waals surface area (Å²) in [6, 6.07) is 0. The topological polar surface area (TPSA) is 93.1 Å². The van der Waals surface area contributed by atoms with Crippen LogP contribution in [0.2, 0.25) is 0 Å². The van der Waals surface area contributed by atoms with Gasteiger partial charge in [-0.25, -0.2) is 4.79 Å². The van der Waals surface area contributed by atoms with Crippen molar-refractivity contribution < 1.29 is 29.3 Å². The summed E-state index contributed by atoms with van der Waals surface area (Å²) in [6.45, 7) is 2.69. The zero-order chi connectivity index (χ0) is 16.7. The molecule has 6 nitrogen and oxygen atoms in total. The normalized spacial score (nSPS) is 38.9. The maximum Gasteiger partial charge on any atom is 0.330 e. The number of esters is 2. The van der Waals surface area contributed by atoms with Crippen LogP contribution < -0.4 is 0 Å². The van der Waals surface area contributed by atoms with Gasteiger partial charge in [0.15, 0.2) is 6.10 Å². The van der Waals surface area contributed by atoms with Crippen molar-refractivity contribution in [2.75, 3.05) is 13.2 Å². The lowest BCUT2D eigenvalue weighted by molar-refractivity contribution is -0.199. The molecule has 4 aliphatic rings. The molecule has 4 saturated carbocycles. The Hall–Kier alpha value is -1.40. The first-order valence-electron chi connectivity index (χ1n) is 8.21. The summed E-state index contributed by atoms with van der Waals surface area (Å²) in [5, 5.41) is 19.9. The second-order valence-electron chi connectivity index (χ2n) is 7.51. The zero-order valence-corrected chi connectivity index (χ0v) is 13.2. The molecule has 4 bridgehead atoms. The number of hydrogen-bond acceptors (Lipinski definition) is 6. The van der Waals surface area contributed by atoms with E-state index < -0.39 is 29.7 Å². The molecule has 128 valence electrons. The van der Waals surface area contributed by atoms with Gasteiger partial charge in [-0.1, -0.05) is 6.58 Å². The van der Waals surface area contributed by atoms with Crippen molar-refractivity contribution in [3.8, 4) is 0 Å². The van der Waals surface area contributed by atoms with Crippen molar-refractivity contribution in [1.29, 1.82) is 0 Å². The third-order valence-corrected chi connectivity index (χ3v) is 5.52. The molecule has 0 saturated heterocycles. The molecule has 2 N–H and O–H groups in total. The highest BCUT2D eigenvalue weighted by Gasteiger charge is 2.60. The van der Waals surface area contributed by atoms with Gasteiger partial charge in [0.1, 0.15) is 6.61 Å². The van der Waals surface area contributed by atoms with Crippen LogP contribution in [0.15, 0.2) is 12.7 Å². The number of carbonyl (C=O) groups excluding carboxylic acids is 2. The van der Waals surface area contributed by atoms with Crippen molar-refractivity contribution in [3.63, 3.8) is 0 Å². The van der Waals surface area contributed by atoms with Crippen molar-refractivity contribution >= 4 is 11.9 Å². The van der Waals surface area contributed by atoms with Gasteiger partial charge in [0.2, 0.25) is 0 Å². The number of aliphatic hydroxyl groups is 2. The summed E-state index contributed by atoms with van der Waals surface area (Å²) in [5.74, 6) is -0.218. The van der Waals surface area contributed by atoms with Gasteiger partial charge in [0.05, 0.1) is 17.6 Å². The molecule has 4 rings (SSSR count). The molecule has 0 aliphatic heterocycles. The van der Waals surface area contributed by atoms with Gasteiger partial charge in [-0.05, 0) is 50.4 Å². The monoisotopic (exact) mass is 324 g/mol. The van der Waals surface area contributed by atoms with E-state index in [4.69, 9.17) is 9.47 Å². The SMILES string of the molecule is C=CC(=O)OC(CO)COC(=O)C12CC3CC(CC(O)(C3)C1)C2. The Balaban J connectivity index is 1.62. The lowest BCUT2D eigenvalue weighted by atomic mass is 9.48. The average Bonchev–Trinajstić information content (AvgIpc) is 2.48. The first-order valence-corrected chi connectivity index (χ1v) is 8.21. The molecule has 6 heteroatoms. The minimum absolute atomic E-state index is 0.176. The van der Waals surface area contributed by atoms with Gasteiger partial charge in [-0.2, -0.15) is 0 Å². The van der Waals surface area contributed by atoms with Crippen LogP contribution >= 0.6 is 0 Å². The molecule has 0 heterocycles. The Morgan fingerprint density at radius 2 is 1.91 bits per heavy atom. The molecular formula is C17H24O6. The second-order valence-corrected chi connectivity index (χ2v) is 7.51. The third-order valence-electron chi connectivity index (χ3n) is 5.52. The van der Waals surface area contributed by atoms with Crippen LogP contribution in [-0.2, 0) is 19.1 Å². The van der Waals surface area contributed by atoms with Crippen LogP contribution in [0.5, 0.6) is 0 Å². The van der Waals surface area contributed by atoms with Crippen molar-refractivity contribution in [1.82, 2.24) is 0 Å². The summed E-state index contributed by atoms with van der Waals surface area (Å²) < 4.78 is 10.3. The summed E-state index contributed by atoms with van der Waals surface area (Å²) in [6.07, 6.45) is 4.77. The van der Waals surface area contributed by atoms with E-state index >= 15 is 0 Å². The molecular weight excluding hydrogens is 300 g/mol. The molecule has 0 aromatic rings. The predicted octanol–water partition coefficient (Wildman–Crippen LogP) is 0.951. The average molecular weight is 324 g/mol. The molecule has 3 unspecified atom stereocenters. The molecule has 4 aliphatic carbocycles. The highest BCUT2D eigenvalue weighted by atomic mass is 16.6. The van der Waals surface area contributed by atoms with E-state index in [-0.39, 0.29) is 12.6 Å².